The third-order valence-corrected chi connectivity index (χ3v) is 6.33. The Labute approximate surface area is 154 Å². The summed E-state index contributed by atoms with van der Waals surface area (Å²) in [6.07, 6.45) is 8.70. The van der Waals surface area contributed by atoms with Crippen LogP contribution < -0.4 is 0 Å². The van der Waals surface area contributed by atoms with Crippen LogP contribution in [0, 0.1) is 5.92 Å². The molecule has 2 fully saturated rings. The predicted octanol–water partition coefficient (Wildman–Crippen LogP) is 3.49. The lowest BCUT2D eigenvalue weighted by Gasteiger charge is -2.37. The van der Waals surface area contributed by atoms with Crippen molar-refractivity contribution in [1.82, 2.24) is 9.80 Å². The number of rotatable bonds is 4. The summed E-state index contributed by atoms with van der Waals surface area (Å²) in [5.41, 5.74) is 0. The first-order chi connectivity index (χ1) is 12.2. The molecule has 136 valence electrons. The van der Waals surface area contributed by atoms with Crippen molar-refractivity contribution in [3.05, 3.63) is 35.0 Å². The maximum atomic E-state index is 13.3. The van der Waals surface area contributed by atoms with E-state index in [1.54, 1.807) is 16.2 Å². The van der Waals surface area contributed by atoms with E-state index in [4.69, 9.17) is 0 Å². The van der Waals surface area contributed by atoms with E-state index in [1.165, 1.54) is 23.8 Å². The molecular weight excluding hydrogens is 332 g/mol. The van der Waals surface area contributed by atoms with Gasteiger partial charge in [0.1, 0.15) is 0 Å². The van der Waals surface area contributed by atoms with E-state index < -0.39 is 0 Å². The molecular formula is C20H28N2O2S. The van der Waals surface area contributed by atoms with Gasteiger partial charge in [0.05, 0.1) is 5.92 Å². The highest BCUT2D eigenvalue weighted by molar-refractivity contribution is 7.09. The van der Waals surface area contributed by atoms with Crippen molar-refractivity contribution in [2.45, 2.75) is 51.0 Å². The van der Waals surface area contributed by atoms with E-state index in [9.17, 15) is 9.59 Å². The van der Waals surface area contributed by atoms with Gasteiger partial charge in [-0.3, -0.25) is 9.59 Å². The summed E-state index contributed by atoms with van der Waals surface area (Å²) >= 11 is 1.78. The molecule has 1 aromatic heterocycles. The molecule has 3 heterocycles. The fourth-order valence-electron chi connectivity index (χ4n) is 4.08. The number of amides is 2. The van der Waals surface area contributed by atoms with Gasteiger partial charge in [0.15, 0.2) is 0 Å². The third kappa shape index (κ3) is 4.51. The number of nitrogens with zero attached hydrogens (tertiary/aromatic N) is 2. The van der Waals surface area contributed by atoms with Crippen LogP contribution in [0.4, 0.5) is 0 Å². The van der Waals surface area contributed by atoms with E-state index in [-0.39, 0.29) is 17.7 Å². The van der Waals surface area contributed by atoms with Crippen LogP contribution in [0.2, 0.25) is 0 Å². The molecule has 5 heteroatoms. The second kappa shape index (κ2) is 8.65. The molecule has 0 saturated carbocycles. The molecule has 0 aromatic carbocycles. The Morgan fingerprint density at radius 3 is 2.84 bits per heavy atom. The molecule has 0 spiro atoms. The lowest BCUT2D eigenvalue weighted by molar-refractivity contribution is -0.141. The number of carbonyl (C=O) groups is 2. The molecule has 2 unspecified atom stereocenters. The molecule has 1 aromatic rings. The van der Waals surface area contributed by atoms with Gasteiger partial charge in [0.2, 0.25) is 11.8 Å². The standard InChI is InChI=1S/C20H28N2O2S/c1-2-19(23)21-11-6-8-16(15-21)20(24)22-12-5-3-4-9-17(22)14-18-10-7-13-25-18/h2,7,10,13,16-17H,1,3-6,8-9,11-12,14-15H2. The molecule has 0 bridgehead atoms. The van der Waals surface area contributed by atoms with Crippen molar-refractivity contribution in [2.24, 2.45) is 5.92 Å². The van der Waals surface area contributed by atoms with Gasteiger partial charge >= 0.3 is 0 Å². The van der Waals surface area contributed by atoms with E-state index in [1.807, 2.05) is 0 Å². The van der Waals surface area contributed by atoms with Crippen LogP contribution in [0.25, 0.3) is 0 Å². The second-order valence-corrected chi connectivity index (χ2v) is 8.18. The van der Waals surface area contributed by atoms with Gasteiger partial charge < -0.3 is 9.80 Å². The van der Waals surface area contributed by atoms with Gasteiger partial charge in [-0.25, -0.2) is 0 Å². The first kappa shape index (κ1) is 18.2. The third-order valence-electron chi connectivity index (χ3n) is 5.43. The minimum atomic E-state index is -0.0541. The van der Waals surface area contributed by atoms with Crippen LogP contribution in [0.5, 0.6) is 0 Å². The van der Waals surface area contributed by atoms with Crippen LogP contribution in [-0.2, 0) is 16.0 Å². The van der Waals surface area contributed by atoms with Gasteiger partial charge in [0, 0.05) is 37.0 Å². The maximum absolute atomic E-state index is 13.3. The summed E-state index contributed by atoms with van der Waals surface area (Å²) in [7, 11) is 0. The molecule has 4 nitrogen and oxygen atoms in total. The molecule has 0 N–H and O–H groups in total. The Hall–Kier alpha value is -1.62. The number of thiophene rings is 1. The van der Waals surface area contributed by atoms with Gasteiger partial charge in [-0.15, -0.1) is 11.3 Å². The van der Waals surface area contributed by atoms with Gasteiger partial charge in [0.25, 0.3) is 0 Å². The summed E-state index contributed by atoms with van der Waals surface area (Å²) in [6, 6.07) is 4.56. The van der Waals surface area contributed by atoms with Gasteiger partial charge in [-0.2, -0.15) is 0 Å². The number of piperidine rings is 1. The van der Waals surface area contributed by atoms with Crippen molar-refractivity contribution in [1.29, 1.82) is 0 Å². The minimum absolute atomic E-state index is 0.0523. The first-order valence-electron chi connectivity index (χ1n) is 9.43. The minimum Gasteiger partial charge on any atom is -0.339 e. The van der Waals surface area contributed by atoms with Crippen LogP contribution >= 0.6 is 11.3 Å². The van der Waals surface area contributed by atoms with Crippen LogP contribution in [0.1, 0.15) is 43.4 Å². The van der Waals surface area contributed by atoms with Gasteiger partial charge in [-0.05, 0) is 43.2 Å². The molecule has 25 heavy (non-hydrogen) atoms. The van der Waals surface area contributed by atoms with E-state index in [2.05, 4.69) is 29.0 Å². The number of carbonyl (C=O) groups excluding carboxylic acids is 2. The lowest BCUT2D eigenvalue weighted by Crippen LogP contribution is -2.49. The fourth-order valence-corrected chi connectivity index (χ4v) is 4.86. The highest BCUT2D eigenvalue weighted by atomic mass is 32.1. The largest absolute Gasteiger partial charge is 0.339 e. The quantitative estimate of drug-likeness (QED) is 0.771. The zero-order valence-electron chi connectivity index (χ0n) is 14.9. The molecule has 2 saturated heterocycles. The van der Waals surface area contributed by atoms with E-state index in [0.29, 0.717) is 12.6 Å². The topological polar surface area (TPSA) is 40.6 Å². The molecule has 2 amide bonds. The Bertz CT molecular complexity index is 599. The lowest BCUT2D eigenvalue weighted by atomic mass is 9.95. The molecule has 2 aliphatic heterocycles. The number of likely N-dealkylation sites (tertiary alicyclic amines) is 2. The SMILES string of the molecule is C=CC(=O)N1CCCC(C(=O)N2CCCCCC2Cc2cccs2)C1. The predicted molar refractivity (Wildman–Crippen MR) is 101 cm³/mol. The van der Waals surface area contributed by atoms with Crippen molar-refractivity contribution < 1.29 is 9.59 Å². The highest BCUT2D eigenvalue weighted by Gasteiger charge is 2.34. The van der Waals surface area contributed by atoms with Crippen molar-refractivity contribution in [2.75, 3.05) is 19.6 Å². The summed E-state index contributed by atoms with van der Waals surface area (Å²) < 4.78 is 0. The highest BCUT2D eigenvalue weighted by Crippen LogP contribution is 2.26. The Balaban J connectivity index is 1.70. The average molecular weight is 361 g/mol. The Morgan fingerprint density at radius 1 is 1.20 bits per heavy atom. The molecule has 0 aliphatic carbocycles. The van der Waals surface area contributed by atoms with Crippen molar-refractivity contribution >= 4 is 23.2 Å². The molecule has 2 atom stereocenters. The maximum Gasteiger partial charge on any atom is 0.245 e. The summed E-state index contributed by atoms with van der Waals surface area (Å²) in [4.78, 5) is 30.5. The number of hydrogen-bond donors (Lipinski definition) is 0. The first-order valence-corrected chi connectivity index (χ1v) is 10.3. The van der Waals surface area contributed by atoms with Crippen molar-refractivity contribution in [3.8, 4) is 0 Å². The monoisotopic (exact) mass is 360 g/mol. The summed E-state index contributed by atoms with van der Waals surface area (Å²) in [5, 5.41) is 2.11. The smallest absolute Gasteiger partial charge is 0.245 e. The number of hydrogen-bond acceptors (Lipinski definition) is 3. The molecule has 0 radical (unpaired) electrons. The Morgan fingerprint density at radius 2 is 2.08 bits per heavy atom. The normalized spacial score (nSPS) is 24.6. The second-order valence-electron chi connectivity index (χ2n) is 7.15. The van der Waals surface area contributed by atoms with E-state index >= 15 is 0 Å². The fraction of sp³-hybridized carbons (Fsp3) is 0.600. The average Bonchev–Trinajstić information content (AvgIpc) is 3.05. The van der Waals surface area contributed by atoms with Gasteiger partial charge in [-0.1, -0.05) is 25.5 Å². The van der Waals surface area contributed by atoms with E-state index in [0.717, 1.165) is 45.2 Å². The summed E-state index contributed by atoms with van der Waals surface area (Å²) in [6.45, 7) is 5.73. The Kier molecular flexibility index (Phi) is 6.29. The van der Waals surface area contributed by atoms with Crippen LogP contribution in [0.15, 0.2) is 30.2 Å². The van der Waals surface area contributed by atoms with Crippen molar-refractivity contribution in [3.63, 3.8) is 0 Å². The zero-order chi connectivity index (χ0) is 17.6. The zero-order valence-corrected chi connectivity index (χ0v) is 15.7. The molecule has 2 aliphatic rings. The van der Waals surface area contributed by atoms with Crippen LogP contribution in [-0.4, -0.2) is 47.3 Å². The molecule has 3 rings (SSSR count). The summed E-state index contributed by atoms with van der Waals surface area (Å²) in [5.74, 6) is 0.148. The van der Waals surface area contributed by atoms with Crippen LogP contribution in [0.3, 0.4) is 0 Å².